The molecule has 0 spiro atoms. The summed E-state index contributed by atoms with van der Waals surface area (Å²) in [5.41, 5.74) is -0.622. The first-order valence-corrected chi connectivity index (χ1v) is 12.3. The number of imide groups is 1. The van der Waals surface area contributed by atoms with Gasteiger partial charge in [0.25, 0.3) is 0 Å². The molecule has 2 atom stereocenters. The lowest BCUT2D eigenvalue weighted by atomic mass is 9.90. The van der Waals surface area contributed by atoms with Gasteiger partial charge < -0.3 is 15.2 Å². The average molecular weight is 488 g/mol. The van der Waals surface area contributed by atoms with E-state index in [1.807, 2.05) is 6.92 Å². The second-order valence-corrected chi connectivity index (χ2v) is 9.91. The van der Waals surface area contributed by atoms with Crippen molar-refractivity contribution in [1.29, 1.82) is 0 Å². The fraction of sp³-hybridized carbons (Fsp3) is 0.600. The van der Waals surface area contributed by atoms with E-state index in [0.717, 1.165) is 18.5 Å². The summed E-state index contributed by atoms with van der Waals surface area (Å²) in [6.45, 7) is 4.90. The fourth-order valence-electron chi connectivity index (χ4n) is 4.26. The summed E-state index contributed by atoms with van der Waals surface area (Å²) in [4.78, 5) is 23.6. The Hall–Kier alpha value is -2.85. The minimum atomic E-state index is -1.27. The molecule has 1 saturated carbocycles. The SMILES string of the molecule is CC[C@@](O)(Cn1nncc1CCCNC1(C)CCC(=O)NC1=O)c1ccc(F)c(OCC2CC2)c1. The molecule has 1 aromatic carbocycles. The number of hydrogen-bond donors (Lipinski definition) is 3. The van der Waals surface area contributed by atoms with Crippen molar-refractivity contribution in [2.75, 3.05) is 13.2 Å². The van der Waals surface area contributed by atoms with Crippen LogP contribution < -0.4 is 15.4 Å². The molecule has 4 rings (SSSR count). The van der Waals surface area contributed by atoms with Gasteiger partial charge in [-0.05, 0) is 75.6 Å². The lowest BCUT2D eigenvalue weighted by molar-refractivity contribution is -0.138. The van der Waals surface area contributed by atoms with E-state index in [4.69, 9.17) is 4.74 Å². The van der Waals surface area contributed by atoms with Crippen molar-refractivity contribution in [3.63, 3.8) is 0 Å². The summed E-state index contributed by atoms with van der Waals surface area (Å²) in [5, 5.41) is 25.3. The van der Waals surface area contributed by atoms with Crippen LogP contribution in [-0.4, -0.2) is 50.6 Å². The third kappa shape index (κ3) is 6.05. The maximum absolute atomic E-state index is 14.3. The number of aliphatic hydroxyl groups is 1. The minimum absolute atomic E-state index is 0.160. The number of benzene rings is 1. The zero-order valence-corrected chi connectivity index (χ0v) is 20.3. The Morgan fingerprint density at radius 1 is 1.37 bits per heavy atom. The van der Waals surface area contributed by atoms with Crippen molar-refractivity contribution in [2.24, 2.45) is 5.92 Å². The molecule has 0 radical (unpaired) electrons. The quantitative estimate of drug-likeness (QED) is 0.310. The summed E-state index contributed by atoms with van der Waals surface area (Å²) in [6.07, 6.45) is 6.41. The van der Waals surface area contributed by atoms with Gasteiger partial charge >= 0.3 is 0 Å². The van der Waals surface area contributed by atoms with Crippen molar-refractivity contribution in [2.45, 2.75) is 76.5 Å². The summed E-state index contributed by atoms with van der Waals surface area (Å²) in [6, 6.07) is 4.51. The summed E-state index contributed by atoms with van der Waals surface area (Å²) in [5.74, 6) is -0.323. The van der Waals surface area contributed by atoms with Crippen molar-refractivity contribution in [1.82, 2.24) is 25.6 Å². The van der Waals surface area contributed by atoms with Gasteiger partial charge in [-0.2, -0.15) is 0 Å². The van der Waals surface area contributed by atoms with Crippen LogP contribution in [0.15, 0.2) is 24.4 Å². The largest absolute Gasteiger partial charge is 0.490 e. The molecule has 2 aromatic rings. The molecule has 190 valence electrons. The van der Waals surface area contributed by atoms with Crippen molar-refractivity contribution in [3.05, 3.63) is 41.5 Å². The van der Waals surface area contributed by atoms with Crippen LogP contribution in [0, 0.1) is 11.7 Å². The van der Waals surface area contributed by atoms with Crippen LogP contribution in [0.5, 0.6) is 5.75 Å². The standard InChI is InChI=1S/C25H34FN5O4/c1-3-25(34,18-8-9-20(26)21(13-18)35-15-17-6-7-17)16-31-19(14-28-30-31)5-4-12-27-24(2)11-10-22(32)29-23(24)33/h8-9,13-14,17,27,34H,3-7,10-12,15-16H2,1-2H3,(H,29,32,33)/t24?,25-/m1/s1. The number of ether oxygens (including phenoxy) is 1. The molecule has 2 amide bonds. The monoisotopic (exact) mass is 487 g/mol. The predicted molar refractivity (Wildman–Crippen MR) is 126 cm³/mol. The van der Waals surface area contributed by atoms with Gasteiger partial charge in [-0.1, -0.05) is 18.2 Å². The number of nitrogens with zero attached hydrogens (tertiary/aromatic N) is 3. The number of rotatable bonds is 12. The Kier molecular flexibility index (Phi) is 7.51. The third-order valence-corrected chi connectivity index (χ3v) is 7.07. The average Bonchev–Trinajstić information content (AvgIpc) is 3.57. The van der Waals surface area contributed by atoms with Crippen LogP contribution >= 0.6 is 0 Å². The number of nitrogens with one attached hydrogen (secondary N) is 2. The first kappa shape index (κ1) is 25.2. The van der Waals surface area contributed by atoms with Crippen molar-refractivity contribution < 1.29 is 23.8 Å². The summed E-state index contributed by atoms with van der Waals surface area (Å²) >= 11 is 0. The Balaban J connectivity index is 1.37. The van der Waals surface area contributed by atoms with E-state index in [2.05, 4.69) is 20.9 Å². The van der Waals surface area contributed by atoms with Crippen LogP contribution in [0.4, 0.5) is 4.39 Å². The number of carbonyl (C=O) groups is 2. The van der Waals surface area contributed by atoms with Gasteiger partial charge in [0.2, 0.25) is 11.8 Å². The van der Waals surface area contributed by atoms with Crippen LogP contribution in [0.3, 0.4) is 0 Å². The molecule has 1 aromatic heterocycles. The lowest BCUT2D eigenvalue weighted by Gasteiger charge is -2.32. The highest BCUT2D eigenvalue weighted by molar-refractivity contribution is 6.02. The van der Waals surface area contributed by atoms with Crippen LogP contribution in [0.1, 0.15) is 63.6 Å². The lowest BCUT2D eigenvalue weighted by Crippen LogP contribution is -2.59. The topological polar surface area (TPSA) is 118 Å². The first-order valence-electron chi connectivity index (χ1n) is 12.3. The molecule has 10 heteroatoms. The number of carbonyl (C=O) groups excluding carboxylic acids is 2. The normalized spacial score (nSPS) is 22.1. The summed E-state index contributed by atoms with van der Waals surface area (Å²) < 4.78 is 21.6. The third-order valence-electron chi connectivity index (χ3n) is 7.07. The van der Waals surface area contributed by atoms with Gasteiger partial charge in [0, 0.05) is 6.42 Å². The molecule has 1 aliphatic carbocycles. The molecule has 3 N–H and O–H groups in total. The second-order valence-electron chi connectivity index (χ2n) is 9.91. The highest BCUT2D eigenvalue weighted by Crippen LogP contribution is 2.33. The number of piperidine rings is 1. The van der Waals surface area contributed by atoms with Gasteiger partial charge in [-0.15, -0.1) is 5.10 Å². The highest BCUT2D eigenvalue weighted by atomic mass is 19.1. The zero-order valence-electron chi connectivity index (χ0n) is 20.3. The van der Waals surface area contributed by atoms with Gasteiger partial charge in [-0.25, -0.2) is 9.07 Å². The van der Waals surface area contributed by atoms with E-state index in [1.165, 1.54) is 6.07 Å². The maximum Gasteiger partial charge on any atom is 0.246 e. The van der Waals surface area contributed by atoms with E-state index in [1.54, 1.807) is 29.9 Å². The highest BCUT2D eigenvalue weighted by Gasteiger charge is 2.37. The molecular weight excluding hydrogens is 453 g/mol. The minimum Gasteiger partial charge on any atom is -0.490 e. The predicted octanol–water partition coefficient (Wildman–Crippen LogP) is 2.22. The van der Waals surface area contributed by atoms with Gasteiger partial charge in [-0.3, -0.25) is 14.9 Å². The molecule has 1 aliphatic heterocycles. The molecule has 2 aliphatic rings. The van der Waals surface area contributed by atoms with E-state index in [-0.39, 0.29) is 24.1 Å². The van der Waals surface area contributed by atoms with E-state index < -0.39 is 17.0 Å². The fourth-order valence-corrected chi connectivity index (χ4v) is 4.26. The van der Waals surface area contributed by atoms with Crippen molar-refractivity contribution in [3.8, 4) is 5.75 Å². The zero-order chi connectivity index (χ0) is 25.1. The Morgan fingerprint density at radius 3 is 2.89 bits per heavy atom. The number of aryl methyl sites for hydroxylation is 1. The van der Waals surface area contributed by atoms with E-state index in [9.17, 15) is 19.1 Å². The smallest absolute Gasteiger partial charge is 0.246 e. The van der Waals surface area contributed by atoms with Crippen LogP contribution in [-0.2, 0) is 28.2 Å². The molecule has 9 nitrogen and oxygen atoms in total. The molecule has 2 fully saturated rings. The Labute approximate surface area is 204 Å². The Morgan fingerprint density at radius 2 is 2.17 bits per heavy atom. The molecule has 2 heterocycles. The van der Waals surface area contributed by atoms with Crippen LogP contribution in [0.25, 0.3) is 0 Å². The number of amides is 2. The number of hydrogen-bond acceptors (Lipinski definition) is 7. The summed E-state index contributed by atoms with van der Waals surface area (Å²) in [7, 11) is 0. The van der Waals surface area contributed by atoms with Gasteiger partial charge in [0.05, 0.1) is 30.6 Å². The molecule has 1 unspecified atom stereocenters. The molecule has 1 saturated heterocycles. The van der Waals surface area contributed by atoms with E-state index >= 15 is 0 Å². The second kappa shape index (κ2) is 10.4. The first-order chi connectivity index (χ1) is 16.7. The Bertz CT molecular complexity index is 1070. The molecular formula is C25H34FN5O4. The number of aromatic nitrogens is 3. The van der Waals surface area contributed by atoms with Crippen LogP contribution in [0.2, 0.25) is 0 Å². The van der Waals surface area contributed by atoms with Gasteiger partial charge in [0.15, 0.2) is 11.6 Å². The molecule has 35 heavy (non-hydrogen) atoms. The molecule has 0 bridgehead atoms. The van der Waals surface area contributed by atoms with Gasteiger partial charge in [0.1, 0.15) is 5.60 Å². The number of halogens is 1. The van der Waals surface area contributed by atoms with E-state index in [0.29, 0.717) is 56.7 Å². The maximum atomic E-state index is 14.3. The van der Waals surface area contributed by atoms with Crippen molar-refractivity contribution >= 4 is 11.8 Å².